The summed E-state index contributed by atoms with van der Waals surface area (Å²) < 4.78 is 0.674. The van der Waals surface area contributed by atoms with Crippen LogP contribution in [0.1, 0.15) is 30.2 Å². The number of aromatic amines is 1. The van der Waals surface area contributed by atoms with Gasteiger partial charge in [0.25, 0.3) is 5.56 Å². The Morgan fingerprint density at radius 3 is 2.74 bits per heavy atom. The quantitative estimate of drug-likeness (QED) is 0.847. The maximum absolute atomic E-state index is 12.0. The van der Waals surface area contributed by atoms with Crippen LogP contribution in [0.4, 0.5) is 0 Å². The maximum atomic E-state index is 12.0. The van der Waals surface area contributed by atoms with Gasteiger partial charge in [-0.05, 0) is 54.0 Å². The average Bonchev–Trinajstić information content (AvgIpc) is 2.35. The van der Waals surface area contributed by atoms with Crippen LogP contribution in [0.15, 0.2) is 17.1 Å². The number of pyridine rings is 1. The Hall–Kier alpha value is -1.24. The molecule has 0 spiro atoms. The second-order valence-electron chi connectivity index (χ2n) is 4.60. The first-order chi connectivity index (χ1) is 9.02. The molecule has 5 heteroatoms. The Kier molecular flexibility index (Phi) is 4.34. The fraction of sp³-hybridized carbons (Fsp3) is 0.357. The Morgan fingerprint density at radius 2 is 2.11 bits per heavy atom. The first kappa shape index (κ1) is 14.2. The molecule has 1 N–H and O–H groups in total. The van der Waals surface area contributed by atoms with Gasteiger partial charge in [-0.2, -0.15) is 0 Å². The molecule has 0 saturated carbocycles. The van der Waals surface area contributed by atoms with Crippen LogP contribution in [0, 0.1) is 17.4 Å². The summed E-state index contributed by atoms with van der Waals surface area (Å²) >= 11 is 2.05. The van der Waals surface area contributed by atoms with E-state index in [0.29, 0.717) is 9.39 Å². The average molecular weight is 369 g/mol. The topological polar surface area (TPSA) is 58.6 Å². The lowest BCUT2D eigenvalue weighted by Gasteiger charge is -2.08. The number of H-pyrrole nitrogens is 1. The summed E-state index contributed by atoms with van der Waals surface area (Å²) in [4.78, 5) is 23.7. The minimum atomic E-state index is -0.0872. The summed E-state index contributed by atoms with van der Waals surface area (Å²) in [5.41, 5.74) is 3.63. The second kappa shape index (κ2) is 5.81. The molecule has 0 bridgehead atoms. The number of rotatable bonds is 3. The van der Waals surface area contributed by atoms with Gasteiger partial charge < -0.3 is 4.98 Å². The van der Waals surface area contributed by atoms with Crippen molar-refractivity contribution in [2.24, 2.45) is 0 Å². The molecule has 0 unspecified atom stereocenters. The van der Waals surface area contributed by atoms with E-state index in [9.17, 15) is 4.79 Å². The van der Waals surface area contributed by atoms with Gasteiger partial charge >= 0.3 is 0 Å². The maximum Gasteiger partial charge on any atom is 0.264 e. The van der Waals surface area contributed by atoms with Gasteiger partial charge in [0.1, 0.15) is 5.69 Å². The van der Waals surface area contributed by atoms with Crippen LogP contribution in [-0.4, -0.2) is 15.0 Å². The van der Waals surface area contributed by atoms with Crippen molar-refractivity contribution < 1.29 is 0 Å². The van der Waals surface area contributed by atoms with Crippen LogP contribution in [-0.2, 0) is 6.42 Å². The molecule has 0 atom stereocenters. The fourth-order valence-electron chi connectivity index (χ4n) is 1.98. The van der Waals surface area contributed by atoms with E-state index < -0.39 is 0 Å². The molecule has 0 aliphatic rings. The third kappa shape index (κ3) is 3.02. The predicted octanol–water partition coefficient (Wildman–Crippen LogP) is 3.01. The van der Waals surface area contributed by atoms with Crippen LogP contribution in [0.5, 0.6) is 0 Å². The van der Waals surface area contributed by atoms with E-state index in [-0.39, 0.29) is 5.56 Å². The molecular weight excluding hydrogens is 353 g/mol. The molecule has 2 aromatic rings. The largest absolute Gasteiger partial charge is 0.304 e. The highest BCUT2D eigenvalue weighted by atomic mass is 127. The zero-order valence-corrected chi connectivity index (χ0v) is 13.4. The summed E-state index contributed by atoms with van der Waals surface area (Å²) in [5, 5.41) is 0. The first-order valence-electron chi connectivity index (χ1n) is 6.25. The van der Waals surface area contributed by atoms with Crippen molar-refractivity contribution >= 4 is 22.6 Å². The Bertz CT molecular complexity index is 664. The molecule has 0 aromatic carbocycles. The second-order valence-corrected chi connectivity index (χ2v) is 5.68. The standard InChI is InChI=1S/C14H16IN3O/c1-4-5-10-11(15)14(19)18-13(17-10)12-9(3)6-8(2)7-16-12/h6-7H,4-5H2,1-3H3,(H,17,18,19). The van der Waals surface area contributed by atoms with E-state index in [1.54, 1.807) is 6.20 Å². The first-order valence-corrected chi connectivity index (χ1v) is 7.33. The number of hydrogen-bond acceptors (Lipinski definition) is 3. The zero-order valence-electron chi connectivity index (χ0n) is 11.2. The van der Waals surface area contributed by atoms with Gasteiger partial charge in [-0.25, -0.2) is 4.98 Å². The molecule has 0 fully saturated rings. The molecule has 19 heavy (non-hydrogen) atoms. The van der Waals surface area contributed by atoms with Crippen LogP contribution < -0.4 is 5.56 Å². The number of nitrogens with zero attached hydrogens (tertiary/aromatic N) is 2. The molecule has 4 nitrogen and oxygen atoms in total. The lowest BCUT2D eigenvalue weighted by molar-refractivity contribution is 0.858. The van der Waals surface area contributed by atoms with Crippen molar-refractivity contribution in [2.45, 2.75) is 33.6 Å². The van der Waals surface area contributed by atoms with Crippen molar-refractivity contribution in [3.8, 4) is 11.5 Å². The molecule has 0 amide bonds. The highest BCUT2D eigenvalue weighted by Crippen LogP contribution is 2.18. The molecule has 2 aromatic heterocycles. The van der Waals surface area contributed by atoms with Crippen molar-refractivity contribution in [1.82, 2.24) is 15.0 Å². The lowest BCUT2D eigenvalue weighted by Crippen LogP contribution is -2.17. The SMILES string of the molecule is CCCc1nc(-c2ncc(C)cc2C)[nH]c(=O)c1I. The number of hydrogen-bond donors (Lipinski definition) is 1. The molecule has 2 rings (SSSR count). The summed E-state index contributed by atoms with van der Waals surface area (Å²) in [5.74, 6) is 0.561. The van der Waals surface area contributed by atoms with E-state index in [0.717, 1.165) is 35.4 Å². The smallest absolute Gasteiger partial charge is 0.264 e. The predicted molar refractivity (Wildman–Crippen MR) is 84.3 cm³/mol. The summed E-state index contributed by atoms with van der Waals surface area (Å²) in [6, 6.07) is 2.04. The number of aromatic nitrogens is 3. The number of halogens is 1. The molecule has 0 aliphatic heterocycles. The van der Waals surface area contributed by atoms with Crippen molar-refractivity contribution in [1.29, 1.82) is 0 Å². The van der Waals surface area contributed by atoms with Gasteiger partial charge in [-0.3, -0.25) is 9.78 Å². The van der Waals surface area contributed by atoms with E-state index in [1.165, 1.54) is 0 Å². The third-order valence-electron chi connectivity index (χ3n) is 2.86. The lowest BCUT2D eigenvalue weighted by atomic mass is 10.1. The van der Waals surface area contributed by atoms with Gasteiger partial charge in [0.2, 0.25) is 0 Å². The Labute approximate surface area is 125 Å². The van der Waals surface area contributed by atoms with Gasteiger partial charge in [-0.15, -0.1) is 0 Å². The number of nitrogens with one attached hydrogen (secondary N) is 1. The summed E-state index contributed by atoms with van der Waals surface area (Å²) in [7, 11) is 0. The molecule has 0 saturated heterocycles. The summed E-state index contributed by atoms with van der Waals surface area (Å²) in [6.07, 6.45) is 3.56. The van der Waals surface area contributed by atoms with E-state index >= 15 is 0 Å². The highest BCUT2D eigenvalue weighted by molar-refractivity contribution is 14.1. The Morgan fingerprint density at radius 1 is 1.37 bits per heavy atom. The fourth-order valence-corrected chi connectivity index (χ4v) is 2.51. The number of aryl methyl sites for hydroxylation is 3. The normalized spacial score (nSPS) is 10.7. The highest BCUT2D eigenvalue weighted by Gasteiger charge is 2.12. The van der Waals surface area contributed by atoms with E-state index in [4.69, 9.17) is 0 Å². The third-order valence-corrected chi connectivity index (χ3v) is 3.97. The molecule has 100 valence electrons. The van der Waals surface area contributed by atoms with E-state index in [2.05, 4.69) is 44.5 Å². The van der Waals surface area contributed by atoms with Gasteiger partial charge in [0.15, 0.2) is 5.82 Å². The van der Waals surface area contributed by atoms with Gasteiger partial charge in [0.05, 0.1) is 9.26 Å². The molecule has 0 radical (unpaired) electrons. The van der Waals surface area contributed by atoms with Gasteiger partial charge in [-0.1, -0.05) is 19.4 Å². The Balaban J connectivity index is 2.59. The molecule has 0 aliphatic carbocycles. The zero-order chi connectivity index (χ0) is 14.0. The monoisotopic (exact) mass is 369 g/mol. The minimum absolute atomic E-state index is 0.0872. The van der Waals surface area contributed by atoms with Crippen LogP contribution in [0.25, 0.3) is 11.5 Å². The van der Waals surface area contributed by atoms with E-state index in [1.807, 2.05) is 19.9 Å². The van der Waals surface area contributed by atoms with Crippen molar-refractivity contribution in [2.75, 3.05) is 0 Å². The molecular formula is C14H16IN3O. The summed E-state index contributed by atoms with van der Waals surface area (Å²) in [6.45, 7) is 6.05. The minimum Gasteiger partial charge on any atom is -0.304 e. The van der Waals surface area contributed by atoms with Crippen molar-refractivity contribution in [3.63, 3.8) is 0 Å². The molecule has 2 heterocycles. The van der Waals surface area contributed by atoms with Crippen molar-refractivity contribution in [3.05, 3.63) is 43.0 Å². The van der Waals surface area contributed by atoms with Crippen LogP contribution >= 0.6 is 22.6 Å². The van der Waals surface area contributed by atoms with Crippen LogP contribution in [0.2, 0.25) is 0 Å². The van der Waals surface area contributed by atoms with Gasteiger partial charge in [0, 0.05) is 6.20 Å². The van der Waals surface area contributed by atoms with Crippen LogP contribution in [0.3, 0.4) is 0 Å².